The number of aromatic nitrogens is 2. The Morgan fingerprint density at radius 3 is 2.77 bits per heavy atom. The Kier molecular flexibility index (Phi) is 6.30. The highest BCUT2D eigenvalue weighted by Gasteiger charge is 2.15. The van der Waals surface area contributed by atoms with Crippen LogP contribution in [-0.4, -0.2) is 27.8 Å². The van der Waals surface area contributed by atoms with Gasteiger partial charge in [-0.15, -0.1) is 11.3 Å². The van der Waals surface area contributed by atoms with Crippen LogP contribution in [0.5, 0.6) is 0 Å². The molecule has 0 saturated carbocycles. The number of nitrogens with one attached hydrogen (secondary N) is 1. The first kappa shape index (κ1) is 20.4. The van der Waals surface area contributed by atoms with Crippen LogP contribution < -0.4 is 10.9 Å². The van der Waals surface area contributed by atoms with Gasteiger partial charge in [-0.2, -0.15) is 0 Å². The molecule has 2 aromatic heterocycles. The Morgan fingerprint density at radius 2 is 1.97 bits per heavy atom. The fourth-order valence-electron chi connectivity index (χ4n) is 3.16. The second-order valence-electron chi connectivity index (χ2n) is 6.88. The summed E-state index contributed by atoms with van der Waals surface area (Å²) >= 11 is 2.66. The van der Waals surface area contributed by atoms with E-state index in [1.807, 2.05) is 73.0 Å². The molecule has 0 saturated heterocycles. The van der Waals surface area contributed by atoms with Gasteiger partial charge in [-0.25, -0.2) is 4.98 Å². The molecule has 7 heteroatoms. The molecule has 0 spiro atoms. The van der Waals surface area contributed by atoms with Crippen LogP contribution in [-0.2, 0) is 11.2 Å². The minimum Gasteiger partial charge on any atom is -0.355 e. The zero-order chi connectivity index (χ0) is 20.9. The molecule has 0 fully saturated rings. The highest BCUT2D eigenvalue weighted by molar-refractivity contribution is 7.99. The third kappa shape index (κ3) is 4.63. The number of amides is 1. The Morgan fingerprint density at radius 1 is 1.13 bits per heavy atom. The summed E-state index contributed by atoms with van der Waals surface area (Å²) in [6, 6.07) is 19.6. The van der Waals surface area contributed by atoms with Crippen LogP contribution in [0, 0.1) is 6.92 Å². The predicted molar refractivity (Wildman–Crippen MR) is 124 cm³/mol. The third-order valence-electron chi connectivity index (χ3n) is 4.62. The van der Waals surface area contributed by atoms with Crippen molar-refractivity contribution in [2.24, 2.45) is 0 Å². The minimum absolute atomic E-state index is 0.0774. The van der Waals surface area contributed by atoms with Gasteiger partial charge in [-0.05, 0) is 48.1 Å². The van der Waals surface area contributed by atoms with E-state index in [2.05, 4.69) is 10.3 Å². The zero-order valence-electron chi connectivity index (χ0n) is 16.5. The Labute approximate surface area is 182 Å². The summed E-state index contributed by atoms with van der Waals surface area (Å²) in [5, 5.41) is 5.33. The van der Waals surface area contributed by atoms with Crippen molar-refractivity contribution in [3.63, 3.8) is 0 Å². The summed E-state index contributed by atoms with van der Waals surface area (Å²) in [7, 11) is 0. The maximum Gasteiger partial charge on any atom is 0.276 e. The van der Waals surface area contributed by atoms with Gasteiger partial charge >= 0.3 is 0 Å². The Balaban J connectivity index is 1.51. The molecule has 2 aromatic carbocycles. The van der Waals surface area contributed by atoms with Gasteiger partial charge in [-0.3, -0.25) is 14.2 Å². The molecule has 30 heavy (non-hydrogen) atoms. The molecule has 1 amide bonds. The maximum absolute atomic E-state index is 13.1. The molecule has 0 aliphatic heterocycles. The molecule has 4 rings (SSSR count). The lowest BCUT2D eigenvalue weighted by molar-refractivity contribution is -0.118. The van der Waals surface area contributed by atoms with Crippen LogP contribution in [0.3, 0.4) is 0 Å². The average molecular weight is 436 g/mol. The van der Waals surface area contributed by atoms with E-state index in [1.54, 1.807) is 4.57 Å². The van der Waals surface area contributed by atoms with E-state index in [0.717, 1.165) is 17.7 Å². The van der Waals surface area contributed by atoms with Crippen LogP contribution in [0.15, 0.2) is 76.0 Å². The average Bonchev–Trinajstić information content (AvgIpc) is 3.22. The standard InChI is InChI=1S/C23H21N3O2S2/c1-16-6-5-9-18(14-16)26-22(28)21-19(11-13-29-21)25-23(26)30-15-20(27)24-12-10-17-7-3-2-4-8-17/h2-9,11,13-14H,10,12,15H2,1H3,(H,24,27). The molecule has 0 aliphatic carbocycles. The number of hydrogen-bond donors (Lipinski definition) is 1. The van der Waals surface area contributed by atoms with Crippen molar-refractivity contribution in [2.45, 2.75) is 18.5 Å². The maximum atomic E-state index is 13.1. The second kappa shape index (κ2) is 9.28. The SMILES string of the molecule is Cc1cccc(-n2c(SCC(=O)NCCc3ccccc3)nc3ccsc3c2=O)c1. The first-order valence-corrected chi connectivity index (χ1v) is 11.5. The predicted octanol–water partition coefficient (Wildman–Crippen LogP) is 4.21. The van der Waals surface area contributed by atoms with Gasteiger partial charge in [0.15, 0.2) is 5.16 Å². The number of carbonyl (C=O) groups is 1. The molecule has 0 radical (unpaired) electrons. The topological polar surface area (TPSA) is 64.0 Å². The number of hydrogen-bond acceptors (Lipinski definition) is 5. The third-order valence-corrected chi connectivity index (χ3v) is 6.45. The number of thioether (sulfide) groups is 1. The summed E-state index contributed by atoms with van der Waals surface area (Å²) < 4.78 is 2.22. The lowest BCUT2D eigenvalue weighted by Crippen LogP contribution is -2.28. The van der Waals surface area contributed by atoms with Crippen LogP contribution in [0.25, 0.3) is 15.9 Å². The molecule has 0 atom stereocenters. The normalized spacial score (nSPS) is 11.0. The number of benzene rings is 2. The lowest BCUT2D eigenvalue weighted by atomic mass is 10.1. The fourth-order valence-corrected chi connectivity index (χ4v) is 4.76. The first-order valence-electron chi connectivity index (χ1n) is 9.62. The van der Waals surface area contributed by atoms with E-state index >= 15 is 0 Å². The van der Waals surface area contributed by atoms with Crippen molar-refractivity contribution in [3.8, 4) is 5.69 Å². The largest absolute Gasteiger partial charge is 0.355 e. The quantitative estimate of drug-likeness (QED) is 0.349. The van der Waals surface area contributed by atoms with Crippen molar-refractivity contribution in [1.29, 1.82) is 0 Å². The fraction of sp³-hybridized carbons (Fsp3) is 0.174. The van der Waals surface area contributed by atoms with Crippen molar-refractivity contribution >= 4 is 39.2 Å². The monoisotopic (exact) mass is 435 g/mol. The van der Waals surface area contributed by atoms with E-state index in [-0.39, 0.29) is 17.2 Å². The summed E-state index contributed by atoms with van der Waals surface area (Å²) in [4.78, 5) is 30.1. The number of nitrogens with zero attached hydrogens (tertiary/aromatic N) is 2. The molecule has 2 heterocycles. The van der Waals surface area contributed by atoms with Crippen molar-refractivity contribution in [1.82, 2.24) is 14.9 Å². The summed E-state index contributed by atoms with van der Waals surface area (Å²) in [6.07, 6.45) is 0.782. The second-order valence-corrected chi connectivity index (χ2v) is 8.74. The van der Waals surface area contributed by atoms with E-state index in [4.69, 9.17) is 0 Å². The molecule has 4 aromatic rings. The molecule has 1 N–H and O–H groups in total. The molecule has 0 unspecified atom stereocenters. The van der Waals surface area contributed by atoms with Gasteiger partial charge in [0.05, 0.1) is 17.0 Å². The van der Waals surface area contributed by atoms with Crippen LogP contribution in [0.1, 0.15) is 11.1 Å². The number of fused-ring (bicyclic) bond motifs is 1. The van der Waals surface area contributed by atoms with E-state index in [0.29, 0.717) is 21.9 Å². The smallest absolute Gasteiger partial charge is 0.276 e. The minimum atomic E-state index is -0.104. The molecular weight excluding hydrogens is 414 g/mol. The highest BCUT2D eigenvalue weighted by atomic mass is 32.2. The van der Waals surface area contributed by atoms with E-state index < -0.39 is 0 Å². The number of thiophene rings is 1. The molecule has 152 valence electrons. The van der Waals surface area contributed by atoms with Gasteiger partial charge in [-0.1, -0.05) is 54.2 Å². The summed E-state index contributed by atoms with van der Waals surface area (Å²) in [5.41, 5.74) is 3.56. The van der Waals surface area contributed by atoms with Crippen molar-refractivity contribution < 1.29 is 4.79 Å². The van der Waals surface area contributed by atoms with Gasteiger partial charge < -0.3 is 5.32 Å². The molecular formula is C23H21N3O2S2. The number of rotatable bonds is 7. The zero-order valence-corrected chi connectivity index (χ0v) is 18.1. The van der Waals surface area contributed by atoms with Gasteiger partial charge in [0.2, 0.25) is 5.91 Å². The summed E-state index contributed by atoms with van der Waals surface area (Å²) in [6.45, 7) is 2.56. The van der Waals surface area contributed by atoms with Gasteiger partial charge in [0.25, 0.3) is 5.56 Å². The Bertz CT molecular complexity index is 1230. The number of aryl methyl sites for hydroxylation is 1. The Hall–Kier alpha value is -2.90. The van der Waals surface area contributed by atoms with Crippen LogP contribution in [0.2, 0.25) is 0 Å². The molecule has 5 nitrogen and oxygen atoms in total. The number of carbonyl (C=O) groups excluding carboxylic acids is 1. The van der Waals surface area contributed by atoms with Gasteiger partial charge in [0, 0.05) is 6.54 Å². The molecule has 0 bridgehead atoms. The lowest BCUT2D eigenvalue weighted by Gasteiger charge is -2.12. The van der Waals surface area contributed by atoms with Crippen molar-refractivity contribution in [3.05, 3.63) is 87.5 Å². The van der Waals surface area contributed by atoms with Crippen LogP contribution >= 0.6 is 23.1 Å². The van der Waals surface area contributed by atoms with Gasteiger partial charge in [0.1, 0.15) is 4.70 Å². The van der Waals surface area contributed by atoms with Crippen LogP contribution in [0.4, 0.5) is 0 Å². The van der Waals surface area contributed by atoms with E-state index in [1.165, 1.54) is 28.7 Å². The van der Waals surface area contributed by atoms with Crippen molar-refractivity contribution in [2.75, 3.05) is 12.3 Å². The van der Waals surface area contributed by atoms with E-state index in [9.17, 15) is 9.59 Å². The summed E-state index contributed by atoms with van der Waals surface area (Å²) in [5.74, 6) is 0.120. The highest BCUT2D eigenvalue weighted by Crippen LogP contribution is 2.23. The first-order chi connectivity index (χ1) is 14.6. The molecule has 0 aliphatic rings.